The lowest BCUT2D eigenvalue weighted by atomic mass is 10.1. The maximum atomic E-state index is 5.48. The number of pyridine rings is 1. The molecule has 2 aromatic heterocycles. The summed E-state index contributed by atoms with van der Waals surface area (Å²) in [5.41, 5.74) is 4.78. The van der Waals surface area contributed by atoms with Crippen LogP contribution in [0.3, 0.4) is 0 Å². The SMILES string of the molecule is CCCc1c(NN)ncnc1NCc1ccncc1. The molecule has 0 aliphatic carbocycles. The van der Waals surface area contributed by atoms with E-state index < -0.39 is 0 Å². The van der Waals surface area contributed by atoms with E-state index in [1.54, 1.807) is 12.4 Å². The van der Waals surface area contributed by atoms with E-state index in [0.29, 0.717) is 12.4 Å². The topological polar surface area (TPSA) is 88.8 Å². The van der Waals surface area contributed by atoms with Crippen LogP contribution >= 0.6 is 0 Å². The van der Waals surface area contributed by atoms with Crippen molar-refractivity contribution in [3.8, 4) is 0 Å². The summed E-state index contributed by atoms with van der Waals surface area (Å²) < 4.78 is 0. The third kappa shape index (κ3) is 3.38. The van der Waals surface area contributed by atoms with Crippen LogP contribution in [-0.2, 0) is 13.0 Å². The quantitative estimate of drug-likeness (QED) is 0.540. The molecule has 0 radical (unpaired) electrons. The van der Waals surface area contributed by atoms with E-state index in [-0.39, 0.29) is 0 Å². The van der Waals surface area contributed by atoms with E-state index in [4.69, 9.17) is 5.84 Å². The average molecular weight is 258 g/mol. The van der Waals surface area contributed by atoms with Crippen molar-refractivity contribution >= 4 is 11.6 Å². The first-order valence-corrected chi connectivity index (χ1v) is 6.28. The molecule has 0 bridgehead atoms. The number of anilines is 2. The molecule has 6 heteroatoms. The molecule has 0 aliphatic rings. The van der Waals surface area contributed by atoms with Crippen molar-refractivity contribution in [1.82, 2.24) is 15.0 Å². The number of nitrogens with two attached hydrogens (primary N) is 1. The smallest absolute Gasteiger partial charge is 0.148 e. The number of hydrazine groups is 1. The van der Waals surface area contributed by atoms with Gasteiger partial charge in [0, 0.05) is 24.5 Å². The molecule has 2 aromatic rings. The fourth-order valence-corrected chi connectivity index (χ4v) is 1.86. The van der Waals surface area contributed by atoms with Crippen molar-refractivity contribution in [1.29, 1.82) is 0 Å². The Morgan fingerprint density at radius 1 is 1.16 bits per heavy atom. The van der Waals surface area contributed by atoms with Crippen LogP contribution in [0.5, 0.6) is 0 Å². The van der Waals surface area contributed by atoms with Gasteiger partial charge in [-0.25, -0.2) is 15.8 Å². The largest absolute Gasteiger partial charge is 0.366 e. The van der Waals surface area contributed by atoms with Gasteiger partial charge in [-0.2, -0.15) is 0 Å². The molecular weight excluding hydrogens is 240 g/mol. The Balaban J connectivity index is 2.15. The number of nitrogens with zero attached hydrogens (tertiary/aromatic N) is 3. The molecular formula is C13H18N6. The van der Waals surface area contributed by atoms with Crippen LogP contribution in [0.2, 0.25) is 0 Å². The highest BCUT2D eigenvalue weighted by molar-refractivity contribution is 5.57. The predicted octanol–water partition coefficient (Wildman–Crippen LogP) is 1.72. The zero-order valence-corrected chi connectivity index (χ0v) is 10.9. The molecule has 19 heavy (non-hydrogen) atoms. The first-order valence-electron chi connectivity index (χ1n) is 6.28. The third-order valence-corrected chi connectivity index (χ3v) is 2.79. The number of rotatable bonds is 6. The Morgan fingerprint density at radius 2 is 1.89 bits per heavy atom. The first kappa shape index (κ1) is 13.2. The predicted molar refractivity (Wildman–Crippen MR) is 75.4 cm³/mol. The van der Waals surface area contributed by atoms with Crippen LogP contribution in [0.15, 0.2) is 30.9 Å². The van der Waals surface area contributed by atoms with Crippen molar-refractivity contribution in [2.24, 2.45) is 5.84 Å². The second-order valence-corrected chi connectivity index (χ2v) is 4.15. The van der Waals surface area contributed by atoms with Gasteiger partial charge in [-0.3, -0.25) is 4.98 Å². The Bertz CT molecular complexity index is 514. The summed E-state index contributed by atoms with van der Waals surface area (Å²) in [5.74, 6) is 6.98. The van der Waals surface area contributed by atoms with Crippen molar-refractivity contribution in [3.63, 3.8) is 0 Å². The molecule has 2 heterocycles. The van der Waals surface area contributed by atoms with E-state index in [2.05, 4.69) is 32.6 Å². The fourth-order valence-electron chi connectivity index (χ4n) is 1.86. The number of hydrogen-bond acceptors (Lipinski definition) is 6. The highest BCUT2D eigenvalue weighted by atomic mass is 15.3. The Kier molecular flexibility index (Phi) is 4.63. The lowest BCUT2D eigenvalue weighted by molar-refractivity contribution is 0.896. The molecule has 100 valence electrons. The minimum atomic E-state index is 0.675. The second-order valence-electron chi connectivity index (χ2n) is 4.15. The molecule has 0 aliphatic heterocycles. The summed E-state index contributed by atoms with van der Waals surface area (Å²) >= 11 is 0. The normalized spacial score (nSPS) is 10.2. The minimum Gasteiger partial charge on any atom is -0.366 e. The van der Waals surface area contributed by atoms with E-state index in [1.165, 1.54) is 6.33 Å². The molecule has 6 nitrogen and oxygen atoms in total. The highest BCUT2D eigenvalue weighted by Crippen LogP contribution is 2.21. The van der Waals surface area contributed by atoms with Crippen LogP contribution in [0, 0.1) is 0 Å². The van der Waals surface area contributed by atoms with Gasteiger partial charge >= 0.3 is 0 Å². The van der Waals surface area contributed by atoms with Gasteiger partial charge in [-0.05, 0) is 24.1 Å². The standard InChI is InChI=1S/C13H18N6/c1-2-3-11-12(17-9-18-13(11)19-14)16-8-10-4-6-15-7-5-10/h4-7,9H,2-3,8,14H2,1H3,(H2,16,17,18,19). The molecule has 2 rings (SSSR count). The van der Waals surface area contributed by atoms with Gasteiger partial charge in [0.05, 0.1) is 0 Å². The minimum absolute atomic E-state index is 0.675. The van der Waals surface area contributed by atoms with E-state index >= 15 is 0 Å². The molecule has 0 unspecified atom stereocenters. The molecule has 0 saturated carbocycles. The highest BCUT2D eigenvalue weighted by Gasteiger charge is 2.09. The monoisotopic (exact) mass is 258 g/mol. The lowest BCUT2D eigenvalue weighted by Gasteiger charge is -2.13. The Labute approximate surface area is 112 Å². The first-order chi connectivity index (χ1) is 9.35. The summed E-state index contributed by atoms with van der Waals surface area (Å²) in [7, 11) is 0. The van der Waals surface area contributed by atoms with Gasteiger partial charge in [-0.15, -0.1) is 0 Å². The molecule has 0 amide bonds. The number of aromatic nitrogens is 3. The maximum Gasteiger partial charge on any atom is 0.148 e. The van der Waals surface area contributed by atoms with E-state index in [0.717, 1.165) is 29.8 Å². The van der Waals surface area contributed by atoms with Crippen molar-refractivity contribution < 1.29 is 0 Å². The summed E-state index contributed by atoms with van der Waals surface area (Å²) in [6, 6.07) is 3.94. The average Bonchev–Trinajstić information content (AvgIpc) is 2.47. The van der Waals surface area contributed by atoms with Gasteiger partial charge in [0.1, 0.15) is 18.0 Å². The lowest BCUT2D eigenvalue weighted by Crippen LogP contribution is -2.14. The molecule has 0 saturated heterocycles. The second kappa shape index (κ2) is 6.65. The van der Waals surface area contributed by atoms with Crippen LogP contribution in [0.4, 0.5) is 11.6 Å². The van der Waals surface area contributed by atoms with Crippen LogP contribution < -0.4 is 16.6 Å². The van der Waals surface area contributed by atoms with Crippen molar-refractivity contribution in [2.75, 3.05) is 10.7 Å². The van der Waals surface area contributed by atoms with Crippen molar-refractivity contribution in [3.05, 3.63) is 42.0 Å². The Morgan fingerprint density at radius 3 is 2.58 bits per heavy atom. The zero-order chi connectivity index (χ0) is 13.5. The van der Waals surface area contributed by atoms with E-state index in [1.807, 2.05) is 12.1 Å². The molecule has 0 fully saturated rings. The van der Waals surface area contributed by atoms with Gasteiger partial charge in [0.15, 0.2) is 0 Å². The third-order valence-electron chi connectivity index (χ3n) is 2.79. The van der Waals surface area contributed by atoms with Crippen molar-refractivity contribution in [2.45, 2.75) is 26.3 Å². The van der Waals surface area contributed by atoms with Gasteiger partial charge in [0.25, 0.3) is 0 Å². The molecule has 0 atom stereocenters. The maximum absolute atomic E-state index is 5.48. The Hall–Kier alpha value is -2.21. The molecule has 4 N–H and O–H groups in total. The zero-order valence-electron chi connectivity index (χ0n) is 10.9. The summed E-state index contributed by atoms with van der Waals surface area (Å²) in [5, 5.41) is 3.31. The number of nitrogen functional groups attached to an aromatic ring is 1. The van der Waals surface area contributed by atoms with Crippen LogP contribution in [0.1, 0.15) is 24.5 Å². The van der Waals surface area contributed by atoms with Gasteiger partial charge in [0.2, 0.25) is 0 Å². The number of nitrogens with one attached hydrogen (secondary N) is 2. The summed E-state index contributed by atoms with van der Waals surface area (Å²) in [6.45, 7) is 2.81. The van der Waals surface area contributed by atoms with Crippen LogP contribution in [-0.4, -0.2) is 15.0 Å². The summed E-state index contributed by atoms with van der Waals surface area (Å²) in [6.07, 6.45) is 6.93. The number of hydrogen-bond donors (Lipinski definition) is 3. The van der Waals surface area contributed by atoms with Gasteiger partial charge in [-0.1, -0.05) is 13.3 Å². The molecule has 0 aromatic carbocycles. The fraction of sp³-hybridized carbons (Fsp3) is 0.308. The van der Waals surface area contributed by atoms with Crippen LogP contribution in [0.25, 0.3) is 0 Å². The van der Waals surface area contributed by atoms with E-state index in [9.17, 15) is 0 Å². The summed E-state index contributed by atoms with van der Waals surface area (Å²) in [4.78, 5) is 12.4. The molecule has 0 spiro atoms. The van der Waals surface area contributed by atoms with Gasteiger partial charge < -0.3 is 10.7 Å².